The fourth-order valence-corrected chi connectivity index (χ4v) is 3.64. The summed E-state index contributed by atoms with van der Waals surface area (Å²) in [7, 11) is -3.53. The molecular weight excluding hydrogens is 364 g/mol. The smallest absolute Gasteiger partial charge is 0.232 e. The van der Waals surface area contributed by atoms with Crippen molar-refractivity contribution in [3.8, 4) is 0 Å². The highest BCUT2D eigenvalue weighted by Gasteiger charge is 2.20. The molecule has 1 N–H and O–H groups in total. The normalized spacial score (nSPS) is 11.1. The van der Waals surface area contributed by atoms with Gasteiger partial charge in [0, 0.05) is 24.2 Å². The Morgan fingerprint density at radius 1 is 1.04 bits per heavy atom. The van der Waals surface area contributed by atoms with E-state index in [4.69, 9.17) is 0 Å². The topological polar surface area (TPSA) is 83.6 Å². The molecule has 0 aliphatic carbocycles. The molecule has 0 saturated carbocycles. The van der Waals surface area contributed by atoms with Gasteiger partial charge in [-0.25, -0.2) is 8.42 Å². The van der Waals surface area contributed by atoms with Crippen LogP contribution in [0.3, 0.4) is 0 Å². The molecule has 0 saturated heterocycles. The van der Waals surface area contributed by atoms with Crippen LogP contribution in [0, 0.1) is 13.8 Å². The first-order valence-electron chi connectivity index (χ1n) is 8.54. The van der Waals surface area contributed by atoms with Crippen molar-refractivity contribution in [3.63, 3.8) is 0 Å². The summed E-state index contributed by atoms with van der Waals surface area (Å²) in [5.41, 5.74) is 3.47. The molecule has 7 heteroatoms. The number of nitrogens with one attached hydrogen (secondary N) is 1. The Labute approximate surface area is 160 Å². The van der Waals surface area contributed by atoms with Gasteiger partial charge in [0.1, 0.15) is 0 Å². The number of hydrogen-bond donors (Lipinski definition) is 1. The van der Waals surface area contributed by atoms with Crippen molar-refractivity contribution in [3.05, 3.63) is 59.2 Å². The summed E-state index contributed by atoms with van der Waals surface area (Å²) >= 11 is 0. The van der Waals surface area contributed by atoms with Crippen LogP contribution in [0.15, 0.2) is 42.5 Å². The predicted molar refractivity (Wildman–Crippen MR) is 108 cm³/mol. The average Bonchev–Trinajstić information content (AvgIpc) is 2.57. The third-order valence-electron chi connectivity index (χ3n) is 4.15. The zero-order valence-corrected chi connectivity index (χ0v) is 16.8. The number of benzene rings is 2. The van der Waals surface area contributed by atoms with Crippen LogP contribution in [0.5, 0.6) is 0 Å². The summed E-state index contributed by atoms with van der Waals surface area (Å²) in [5, 5.41) is 2.72. The van der Waals surface area contributed by atoms with Crippen LogP contribution in [-0.2, 0) is 14.8 Å². The van der Waals surface area contributed by atoms with Gasteiger partial charge in [-0.05, 0) is 62.2 Å². The molecule has 0 spiro atoms. The van der Waals surface area contributed by atoms with Crippen molar-refractivity contribution in [1.29, 1.82) is 0 Å². The van der Waals surface area contributed by atoms with Crippen LogP contribution in [0.2, 0.25) is 0 Å². The molecule has 0 aliphatic heterocycles. The number of ketones is 1. The van der Waals surface area contributed by atoms with Gasteiger partial charge in [0.2, 0.25) is 15.9 Å². The van der Waals surface area contributed by atoms with Crippen molar-refractivity contribution in [2.75, 3.05) is 22.4 Å². The van der Waals surface area contributed by atoms with E-state index in [1.165, 1.54) is 11.2 Å². The van der Waals surface area contributed by atoms with E-state index in [0.717, 1.165) is 17.4 Å². The SMILES string of the molecule is CC(=O)c1ccc(NC(=O)CCN(c2cc(C)ccc2C)S(C)(=O)=O)cc1. The van der Waals surface area contributed by atoms with Crippen molar-refractivity contribution in [2.24, 2.45) is 0 Å². The van der Waals surface area contributed by atoms with Crippen molar-refractivity contribution in [2.45, 2.75) is 27.2 Å². The number of rotatable bonds is 7. The summed E-state index contributed by atoms with van der Waals surface area (Å²) in [5.74, 6) is -0.352. The third-order valence-corrected chi connectivity index (χ3v) is 5.33. The Kier molecular flexibility index (Phi) is 6.38. The van der Waals surface area contributed by atoms with Gasteiger partial charge in [-0.15, -0.1) is 0 Å². The van der Waals surface area contributed by atoms with Crippen LogP contribution in [0.25, 0.3) is 0 Å². The standard InChI is InChI=1S/C20H24N2O4S/c1-14-5-6-15(2)19(13-14)22(27(4,25)26)12-11-20(24)21-18-9-7-17(8-10-18)16(3)23/h5-10,13H,11-12H2,1-4H3,(H,21,24). The largest absolute Gasteiger partial charge is 0.326 e. The van der Waals surface area contributed by atoms with E-state index in [2.05, 4.69) is 5.32 Å². The van der Waals surface area contributed by atoms with E-state index in [1.54, 1.807) is 30.3 Å². The minimum atomic E-state index is -3.53. The molecule has 0 aliphatic rings. The summed E-state index contributed by atoms with van der Waals surface area (Å²) in [4.78, 5) is 23.5. The van der Waals surface area contributed by atoms with Gasteiger partial charge in [-0.1, -0.05) is 12.1 Å². The quantitative estimate of drug-likeness (QED) is 0.738. The second-order valence-corrected chi connectivity index (χ2v) is 8.46. The van der Waals surface area contributed by atoms with Crippen molar-refractivity contribution in [1.82, 2.24) is 0 Å². The molecule has 2 rings (SSSR count). The minimum absolute atomic E-state index is 0.00884. The number of aryl methyl sites for hydroxylation is 2. The number of carbonyl (C=O) groups excluding carboxylic acids is 2. The van der Waals surface area contributed by atoms with Gasteiger partial charge in [0.25, 0.3) is 0 Å². The summed E-state index contributed by atoms with van der Waals surface area (Å²) in [6.45, 7) is 5.24. The molecule has 2 aromatic carbocycles. The van der Waals surface area contributed by atoms with Crippen molar-refractivity contribution < 1.29 is 18.0 Å². The zero-order valence-electron chi connectivity index (χ0n) is 15.9. The second-order valence-electron chi connectivity index (χ2n) is 6.56. The van der Waals surface area contributed by atoms with E-state index < -0.39 is 10.0 Å². The molecule has 0 aromatic heterocycles. The first kappa shape index (κ1) is 20.6. The molecule has 0 bridgehead atoms. The molecule has 6 nitrogen and oxygen atoms in total. The van der Waals surface area contributed by atoms with Gasteiger partial charge >= 0.3 is 0 Å². The van der Waals surface area contributed by atoms with Gasteiger partial charge < -0.3 is 5.32 Å². The molecule has 0 fully saturated rings. The maximum atomic E-state index is 12.2. The monoisotopic (exact) mass is 388 g/mol. The number of hydrogen-bond acceptors (Lipinski definition) is 4. The van der Waals surface area contributed by atoms with E-state index >= 15 is 0 Å². The number of amides is 1. The van der Waals surface area contributed by atoms with Gasteiger partial charge in [0.05, 0.1) is 11.9 Å². The van der Waals surface area contributed by atoms with E-state index in [0.29, 0.717) is 16.9 Å². The Bertz CT molecular complexity index is 950. The number of carbonyl (C=O) groups is 2. The summed E-state index contributed by atoms with van der Waals surface area (Å²) < 4.78 is 25.7. The van der Waals surface area contributed by atoms with Crippen LogP contribution >= 0.6 is 0 Å². The summed E-state index contributed by atoms with van der Waals surface area (Å²) in [6, 6.07) is 12.1. The Morgan fingerprint density at radius 2 is 1.67 bits per heavy atom. The first-order valence-corrected chi connectivity index (χ1v) is 10.4. The Hall–Kier alpha value is -2.67. The molecule has 27 heavy (non-hydrogen) atoms. The predicted octanol–water partition coefficient (Wildman–Crippen LogP) is 3.30. The maximum Gasteiger partial charge on any atom is 0.232 e. The molecule has 0 atom stereocenters. The van der Waals surface area contributed by atoms with E-state index in [9.17, 15) is 18.0 Å². The Morgan fingerprint density at radius 3 is 2.22 bits per heavy atom. The summed E-state index contributed by atoms with van der Waals surface area (Å²) in [6.07, 6.45) is 1.14. The lowest BCUT2D eigenvalue weighted by Gasteiger charge is -2.24. The minimum Gasteiger partial charge on any atom is -0.326 e. The van der Waals surface area contributed by atoms with Crippen molar-refractivity contribution >= 4 is 33.1 Å². The molecule has 0 unspecified atom stereocenters. The van der Waals surface area contributed by atoms with Gasteiger partial charge in [-0.2, -0.15) is 0 Å². The fraction of sp³-hybridized carbons (Fsp3) is 0.300. The maximum absolute atomic E-state index is 12.2. The highest BCUT2D eigenvalue weighted by molar-refractivity contribution is 7.92. The molecule has 0 heterocycles. The molecule has 144 valence electrons. The highest BCUT2D eigenvalue weighted by atomic mass is 32.2. The van der Waals surface area contributed by atoms with Crippen LogP contribution in [-0.4, -0.2) is 32.9 Å². The molecule has 0 radical (unpaired) electrons. The molecule has 2 aromatic rings. The van der Waals surface area contributed by atoms with Crippen LogP contribution in [0.1, 0.15) is 34.8 Å². The number of Topliss-reactive ketones (excluding diaryl/α,β-unsaturated/α-hetero) is 1. The highest BCUT2D eigenvalue weighted by Crippen LogP contribution is 2.24. The molecular formula is C20H24N2O4S. The molecule has 1 amide bonds. The van der Waals surface area contributed by atoms with Gasteiger partial charge in [-0.3, -0.25) is 13.9 Å². The lowest BCUT2D eigenvalue weighted by Crippen LogP contribution is -2.33. The Balaban J connectivity index is 2.09. The zero-order chi connectivity index (χ0) is 20.2. The van der Waals surface area contributed by atoms with E-state index in [1.807, 2.05) is 26.0 Å². The van der Waals surface area contributed by atoms with Crippen LogP contribution < -0.4 is 9.62 Å². The van der Waals surface area contributed by atoms with Crippen LogP contribution in [0.4, 0.5) is 11.4 Å². The average molecular weight is 388 g/mol. The lowest BCUT2D eigenvalue weighted by molar-refractivity contribution is -0.116. The number of nitrogens with zero attached hydrogens (tertiary/aromatic N) is 1. The first-order chi connectivity index (χ1) is 12.6. The lowest BCUT2D eigenvalue weighted by atomic mass is 10.1. The fourth-order valence-electron chi connectivity index (χ4n) is 2.67. The number of anilines is 2. The second kappa shape index (κ2) is 8.35. The van der Waals surface area contributed by atoms with Gasteiger partial charge in [0.15, 0.2) is 5.78 Å². The third kappa shape index (κ3) is 5.65. The van der Waals surface area contributed by atoms with E-state index in [-0.39, 0.29) is 24.7 Å². The number of sulfonamides is 1.